The molecule has 2 atom stereocenters. The van der Waals surface area contributed by atoms with Gasteiger partial charge in [0.15, 0.2) is 0 Å². The van der Waals surface area contributed by atoms with E-state index < -0.39 is 27.1 Å². The molecule has 5 rings (SSSR count). The van der Waals surface area contributed by atoms with Crippen molar-refractivity contribution in [2.24, 2.45) is 11.3 Å². The van der Waals surface area contributed by atoms with E-state index in [0.29, 0.717) is 12.2 Å². The third-order valence-electron chi connectivity index (χ3n) is 8.05. The summed E-state index contributed by atoms with van der Waals surface area (Å²) in [5.41, 5.74) is 1.46. The van der Waals surface area contributed by atoms with Crippen molar-refractivity contribution in [3.63, 3.8) is 0 Å². The molecule has 0 aromatic heterocycles. The van der Waals surface area contributed by atoms with Crippen molar-refractivity contribution in [1.29, 1.82) is 0 Å². The third-order valence-corrected chi connectivity index (χ3v) is 9.33. The molecule has 8 heteroatoms. The average Bonchev–Trinajstić information content (AvgIpc) is 3.76. The molecule has 4 aromatic carbocycles. The lowest BCUT2D eigenvalue weighted by atomic mass is 9.80. The molecule has 0 amide bonds. The summed E-state index contributed by atoms with van der Waals surface area (Å²) in [5.74, 6) is -0.101. The predicted octanol–water partition coefficient (Wildman–Crippen LogP) is 6.29. The number of benzene rings is 4. The van der Waals surface area contributed by atoms with E-state index in [1.54, 1.807) is 26.2 Å². The van der Waals surface area contributed by atoms with Gasteiger partial charge in [0.2, 0.25) is 0 Å². The van der Waals surface area contributed by atoms with Crippen LogP contribution in [-0.4, -0.2) is 41.3 Å². The standard InChI is InChI=1S/C35H36O7S/c1-4-40-33(36)34(25-42-43(37,38)32-21-15-26(2)16-22-32)23-30(34)24-41-35(27-11-7-5-8-12-27,28-13-9-6-10-14-28)29-17-19-31(39-3)20-18-29/h5-22,30H,4,23-25H2,1-3H3/t30-,34-/m0/s1. The van der Waals surface area contributed by atoms with Crippen molar-refractivity contribution < 1.29 is 31.6 Å². The van der Waals surface area contributed by atoms with Gasteiger partial charge in [0.1, 0.15) is 11.4 Å². The van der Waals surface area contributed by atoms with Crippen LogP contribution in [0, 0.1) is 18.3 Å². The van der Waals surface area contributed by atoms with Crippen molar-refractivity contribution in [2.45, 2.75) is 30.8 Å². The van der Waals surface area contributed by atoms with Gasteiger partial charge in [-0.3, -0.25) is 8.98 Å². The lowest BCUT2D eigenvalue weighted by Crippen LogP contribution is -2.35. The summed E-state index contributed by atoms with van der Waals surface area (Å²) in [6.07, 6.45) is 0.373. The Labute approximate surface area is 253 Å². The largest absolute Gasteiger partial charge is 0.497 e. The van der Waals surface area contributed by atoms with E-state index >= 15 is 0 Å². The smallest absolute Gasteiger partial charge is 0.314 e. The zero-order valence-electron chi connectivity index (χ0n) is 24.6. The Bertz CT molecular complexity index is 1580. The Hall–Kier alpha value is -3.98. The van der Waals surface area contributed by atoms with Crippen LogP contribution >= 0.6 is 0 Å². The van der Waals surface area contributed by atoms with E-state index in [1.165, 1.54) is 12.1 Å². The summed E-state index contributed by atoms with van der Waals surface area (Å²) >= 11 is 0. The van der Waals surface area contributed by atoms with Crippen LogP contribution in [0.3, 0.4) is 0 Å². The van der Waals surface area contributed by atoms with E-state index in [-0.39, 0.29) is 30.6 Å². The van der Waals surface area contributed by atoms with E-state index in [4.69, 9.17) is 18.4 Å². The SMILES string of the molecule is CCOC(=O)[C@]1(COS(=O)(=O)c2ccc(C)cc2)C[C@H]1COC(c1ccccc1)(c1ccccc1)c1ccc(OC)cc1. The van der Waals surface area contributed by atoms with Crippen LogP contribution in [-0.2, 0) is 34.2 Å². The molecule has 1 aliphatic rings. The highest BCUT2D eigenvalue weighted by atomic mass is 32.2. The summed E-state index contributed by atoms with van der Waals surface area (Å²) < 4.78 is 49.3. The van der Waals surface area contributed by atoms with Crippen LogP contribution in [0.1, 0.15) is 35.6 Å². The van der Waals surface area contributed by atoms with Gasteiger partial charge in [-0.25, -0.2) is 0 Å². The zero-order valence-corrected chi connectivity index (χ0v) is 25.4. The van der Waals surface area contributed by atoms with Gasteiger partial charge in [0, 0.05) is 5.92 Å². The fraction of sp³-hybridized carbons (Fsp3) is 0.286. The molecule has 0 heterocycles. The summed E-state index contributed by atoms with van der Waals surface area (Å²) in [7, 11) is -2.46. The van der Waals surface area contributed by atoms with Gasteiger partial charge >= 0.3 is 5.97 Å². The number of methoxy groups -OCH3 is 1. The molecular formula is C35H36O7S. The molecule has 4 aromatic rings. The molecule has 0 bridgehead atoms. The highest BCUT2D eigenvalue weighted by Crippen LogP contribution is 2.55. The first-order chi connectivity index (χ1) is 20.7. The second-order valence-corrected chi connectivity index (χ2v) is 12.4. The van der Waals surface area contributed by atoms with Gasteiger partial charge < -0.3 is 14.2 Å². The molecule has 0 unspecified atom stereocenters. The number of rotatable bonds is 13. The van der Waals surface area contributed by atoms with Crippen LogP contribution in [0.15, 0.2) is 114 Å². The predicted molar refractivity (Wildman–Crippen MR) is 163 cm³/mol. The number of aryl methyl sites for hydroxylation is 1. The van der Waals surface area contributed by atoms with Crippen LogP contribution < -0.4 is 4.74 Å². The monoisotopic (exact) mass is 600 g/mol. The first-order valence-electron chi connectivity index (χ1n) is 14.3. The van der Waals surface area contributed by atoms with Gasteiger partial charge in [0.05, 0.1) is 37.2 Å². The van der Waals surface area contributed by atoms with Gasteiger partial charge in [-0.05, 0) is 61.2 Å². The molecule has 1 aliphatic carbocycles. The topological polar surface area (TPSA) is 88.1 Å². The lowest BCUT2D eigenvalue weighted by Gasteiger charge is -2.36. The number of hydrogen-bond acceptors (Lipinski definition) is 7. The van der Waals surface area contributed by atoms with E-state index in [2.05, 4.69) is 0 Å². The zero-order chi connectivity index (χ0) is 30.5. The quantitative estimate of drug-likeness (QED) is 0.101. The van der Waals surface area contributed by atoms with E-state index in [9.17, 15) is 13.2 Å². The van der Waals surface area contributed by atoms with Crippen LogP contribution in [0.2, 0.25) is 0 Å². The minimum Gasteiger partial charge on any atom is -0.497 e. The Morgan fingerprint density at radius 3 is 1.93 bits per heavy atom. The molecule has 7 nitrogen and oxygen atoms in total. The molecule has 0 N–H and O–H groups in total. The van der Waals surface area contributed by atoms with Crippen molar-refractivity contribution in [3.8, 4) is 5.75 Å². The number of esters is 1. The Morgan fingerprint density at radius 2 is 1.40 bits per heavy atom. The minimum atomic E-state index is -4.08. The first-order valence-corrected chi connectivity index (χ1v) is 15.7. The van der Waals surface area contributed by atoms with Crippen molar-refractivity contribution in [3.05, 3.63) is 131 Å². The van der Waals surface area contributed by atoms with Crippen LogP contribution in [0.25, 0.3) is 0 Å². The van der Waals surface area contributed by atoms with Crippen molar-refractivity contribution in [1.82, 2.24) is 0 Å². The molecule has 0 spiro atoms. The summed E-state index contributed by atoms with van der Waals surface area (Å²) in [4.78, 5) is 13.3. The molecule has 0 radical (unpaired) electrons. The Kier molecular flexibility index (Phi) is 9.01. The molecule has 0 saturated heterocycles. The number of hydrogen-bond donors (Lipinski definition) is 0. The first kappa shape index (κ1) is 30.5. The average molecular weight is 601 g/mol. The molecule has 224 valence electrons. The molecule has 0 aliphatic heterocycles. The second kappa shape index (κ2) is 12.7. The fourth-order valence-electron chi connectivity index (χ4n) is 5.46. The van der Waals surface area contributed by atoms with Crippen LogP contribution in [0.4, 0.5) is 0 Å². The maximum absolute atomic E-state index is 13.3. The number of carbonyl (C=O) groups excluding carboxylic acids is 1. The third kappa shape index (κ3) is 6.22. The van der Waals surface area contributed by atoms with Crippen LogP contribution in [0.5, 0.6) is 5.75 Å². The molecule has 43 heavy (non-hydrogen) atoms. The molecule has 1 fully saturated rings. The highest BCUT2D eigenvalue weighted by molar-refractivity contribution is 7.86. The van der Waals surface area contributed by atoms with Gasteiger partial charge in [-0.2, -0.15) is 8.42 Å². The fourth-order valence-corrected chi connectivity index (χ4v) is 6.43. The number of ether oxygens (including phenoxy) is 3. The summed E-state index contributed by atoms with van der Waals surface area (Å²) in [5, 5.41) is 0. The second-order valence-electron chi connectivity index (χ2n) is 10.8. The minimum absolute atomic E-state index is 0.0391. The maximum atomic E-state index is 13.3. The highest BCUT2D eigenvalue weighted by Gasteiger charge is 2.62. The maximum Gasteiger partial charge on any atom is 0.314 e. The van der Waals surface area contributed by atoms with E-state index in [1.807, 2.05) is 91.9 Å². The van der Waals surface area contributed by atoms with E-state index in [0.717, 1.165) is 22.3 Å². The van der Waals surface area contributed by atoms with Gasteiger partial charge in [0.25, 0.3) is 10.1 Å². The molecule has 1 saturated carbocycles. The lowest BCUT2D eigenvalue weighted by molar-refractivity contribution is -0.152. The van der Waals surface area contributed by atoms with Gasteiger partial charge in [-0.15, -0.1) is 0 Å². The Morgan fingerprint density at radius 1 is 0.837 bits per heavy atom. The summed E-state index contributed by atoms with van der Waals surface area (Å²) in [6, 6.07) is 33.9. The van der Waals surface area contributed by atoms with Gasteiger partial charge in [-0.1, -0.05) is 90.5 Å². The summed E-state index contributed by atoms with van der Waals surface area (Å²) in [6.45, 7) is 3.59. The molecular weight excluding hydrogens is 564 g/mol. The normalized spacial score (nSPS) is 18.2. The number of carbonyl (C=O) groups is 1. The van der Waals surface area contributed by atoms with Crippen molar-refractivity contribution in [2.75, 3.05) is 26.9 Å². The van der Waals surface area contributed by atoms with Crippen molar-refractivity contribution >= 4 is 16.1 Å². The Balaban J connectivity index is 1.47.